The Kier molecular flexibility index (Phi) is 4.03. The minimum atomic E-state index is 0.651. The molecule has 0 radical (unpaired) electrons. The number of nitrogens with one attached hydrogen (secondary N) is 1. The number of aromatic nitrogens is 5. The van der Waals surface area contributed by atoms with Gasteiger partial charge in [-0.05, 0) is 31.9 Å². The predicted molar refractivity (Wildman–Crippen MR) is 106 cm³/mol. The van der Waals surface area contributed by atoms with Gasteiger partial charge in [-0.25, -0.2) is 14.5 Å². The summed E-state index contributed by atoms with van der Waals surface area (Å²) in [7, 11) is 0. The van der Waals surface area contributed by atoms with E-state index in [1.807, 2.05) is 36.1 Å². The van der Waals surface area contributed by atoms with Crippen molar-refractivity contribution in [1.82, 2.24) is 24.6 Å². The molecule has 1 N–H and O–H groups in total. The van der Waals surface area contributed by atoms with Gasteiger partial charge in [0.2, 0.25) is 5.95 Å². The fourth-order valence-corrected chi connectivity index (χ4v) is 3.67. The van der Waals surface area contributed by atoms with E-state index in [-0.39, 0.29) is 0 Å². The van der Waals surface area contributed by atoms with E-state index in [0.29, 0.717) is 11.9 Å². The Balaban J connectivity index is 1.33. The standard InChI is InChI=1S/C19H24N8/c1-2-20-19-22-6-5-17(23-19)25-9-11-26(12-10-25)18-16-13-15(14-3-4-14)24-27(16)8-7-21-18/h5-8,13-14H,2-4,9-12H2,1H3,(H,20,22,23). The number of piperazine rings is 1. The van der Waals surface area contributed by atoms with Crippen molar-refractivity contribution in [2.24, 2.45) is 0 Å². The summed E-state index contributed by atoms with van der Waals surface area (Å²) in [5.74, 6) is 3.36. The molecule has 3 aromatic rings. The Morgan fingerprint density at radius 3 is 2.67 bits per heavy atom. The number of fused-ring (bicyclic) bond motifs is 1. The summed E-state index contributed by atoms with van der Waals surface area (Å²) in [5, 5.41) is 7.91. The molecule has 1 saturated carbocycles. The number of rotatable bonds is 5. The minimum Gasteiger partial charge on any atom is -0.354 e. The number of hydrogen-bond acceptors (Lipinski definition) is 7. The van der Waals surface area contributed by atoms with Crippen LogP contribution in [-0.4, -0.2) is 57.3 Å². The van der Waals surface area contributed by atoms with Crippen LogP contribution in [0.25, 0.3) is 5.52 Å². The molecule has 0 amide bonds. The monoisotopic (exact) mass is 364 g/mol. The Hall–Kier alpha value is -2.90. The van der Waals surface area contributed by atoms with Crippen molar-refractivity contribution in [3.05, 3.63) is 36.4 Å². The molecule has 0 atom stereocenters. The normalized spacial score (nSPS) is 17.5. The van der Waals surface area contributed by atoms with Gasteiger partial charge in [0.1, 0.15) is 11.3 Å². The molecule has 8 heteroatoms. The van der Waals surface area contributed by atoms with Crippen molar-refractivity contribution in [3.8, 4) is 0 Å². The van der Waals surface area contributed by atoms with Crippen molar-refractivity contribution in [1.29, 1.82) is 0 Å². The maximum absolute atomic E-state index is 4.74. The van der Waals surface area contributed by atoms with Crippen LogP contribution in [0.1, 0.15) is 31.4 Å². The van der Waals surface area contributed by atoms with Gasteiger partial charge in [-0.1, -0.05) is 0 Å². The molecule has 1 aliphatic carbocycles. The largest absolute Gasteiger partial charge is 0.354 e. The zero-order valence-corrected chi connectivity index (χ0v) is 15.5. The maximum atomic E-state index is 4.74. The first-order chi connectivity index (χ1) is 13.3. The number of nitrogens with zero attached hydrogens (tertiary/aromatic N) is 7. The van der Waals surface area contributed by atoms with E-state index in [1.165, 1.54) is 18.5 Å². The third-order valence-corrected chi connectivity index (χ3v) is 5.26. The number of hydrogen-bond donors (Lipinski definition) is 1. The summed E-state index contributed by atoms with van der Waals surface area (Å²) in [5.41, 5.74) is 2.32. The quantitative estimate of drug-likeness (QED) is 0.743. The molecule has 2 aliphatic rings. The Morgan fingerprint density at radius 1 is 1.07 bits per heavy atom. The summed E-state index contributed by atoms with van der Waals surface area (Å²) in [6.45, 7) is 6.52. The first-order valence-corrected chi connectivity index (χ1v) is 9.73. The molecule has 2 fully saturated rings. The fourth-order valence-electron chi connectivity index (χ4n) is 3.67. The lowest BCUT2D eigenvalue weighted by atomic mass is 10.2. The third-order valence-electron chi connectivity index (χ3n) is 5.26. The van der Waals surface area contributed by atoms with Gasteiger partial charge in [-0.3, -0.25) is 0 Å². The first kappa shape index (κ1) is 16.3. The molecule has 3 aromatic heterocycles. The summed E-state index contributed by atoms with van der Waals surface area (Å²) in [6, 6.07) is 4.20. The summed E-state index contributed by atoms with van der Waals surface area (Å²) < 4.78 is 1.98. The predicted octanol–water partition coefficient (Wildman–Crippen LogP) is 2.16. The van der Waals surface area contributed by atoms with Crippen molar-refractivity contribution in [2.45, 2.75) is 25.7 Å². The average Bonchev–Trinajstić information content (AvgIpc) is 3.47. The highest BCUT2D eigenvalue weighted by atomic mass is 15.3. The minimum absolute atomic E-state index is 0.651. The second kappa shape index (κ2) is 6.68. The highest BCUT2D eigenvalue weighted by molar-refractivity contribution is 5.70. The van der Waals surface area contributed by atoms with Crippen LogP contribution >= 0.6 is 0 Å². The van der Waals surface area contributed by atoms with E-state index >= 15 is 0 Å². The lowest BCUT2D eigenvalue weighted by molar-refractivity contribution is 0.641. The molecular weight excluding hydrogens is 340 g/mol. The molecule has 140 valence electrons. The molecule has 1 aliphatic heterocycles. The maximum Gasteiger partial charge on any atom is 0.224 e. The van der Waals surface area contributed by atoms with Crippen molar-refractivity contribution in [3.63, 3.8) is 0 Å². The zero-order chi connectivity index (χ0) is 18.2. The zero-order valence-electron chi connectivity index (χ0n) is 15.5. The van der Waals surface area contributed by atoms with Crippen LogP contribution in [0.4, 0.5) is 17.6 Å². The second-order valence-corrected chi connectivity index (χ2v) is 7.17. The molecule has 27 heavy (non-hydrogen) atoms. The topological polar surface area (TPSA) is 74.5 Å². The van der Waals surface area contributed by atoms with Gasteiger partial charge >= 0.3 is 0 Å². The van der Waals surface area contributed by atoms with Crippen LogP contribution in [0, 0.1) is 0 Å². The lowest BCUT2D eigenvalue weighted by Gasteiger charge is -2.36. The fraction of sp³-hybridized carbons (Fsp3) is 0.474. The smallest absolute Gasteiger partial charge is 0.224 e. The van der Waals surface area contributed by atoms with Crippen LogP contribution in [0.2, 0.25) is 0 Å². The lowest BCUT2D eigenvalue weighted by Crippen LogP contribution is -2.47. The Labute approximate surface area is 158 Å². The molecule has 0 spiro atoms. The van der Waals surface area contributed by atoms with E-state index in [4.69, 9.17) is 5.10 Å². The van der Waals surface area contributed by atoms with E-state index in [1.54, 1.807) is 0 Å². The Bertz CT molecular complexity index is 940. The van der Waals surface area contributed by atoms with Crippen LogP contribution in [-0.2, 0) is 0 Å². The van der Waals surface area contributed by atoms with Crippen LogP contribution in [0.15, 0.2) is 30.7 Å². The van der Waals surface area contributed by atoms with Gasteiger partial charge in [0.25, 0.3) is 0 Å². The van der Waals surface area contributed by atoms with Crippen molar-refractivity contribution < 1.29 is 0 Å². The van der Waals surface area contributed by atoms with E-state index in [2.05, 4.69) is 36.1 Å². The summed E-state index contributed by atoms with van der Waals surface area (Å²) >= 11 is 0. The first-order valence-electron chi connectivity index (χ1n) is 9.73. The second-order valence-electron chi connectivity index (χ2n) is 7.17. The van der Waals surface area contributed by atoms with Crippen molar-refractivity contribution in [2.75, 3.05) is 47.8 Å². The van der Waals surface area contributed by atoms with E-state index in [9.17, 15) is 0 Å². The van der Waals surface area contributed by atoms with Gasteiger partial charge < -0.3 is 15.1 Å². The van der Waals surface area contributed by atoms with E-state index < -0.39 is 0 Å². The van der Waals surface area contributed by atoms with Gasteiger partial charge in [0, 0.05) is 57.2 Å². The highest BCUT2D eigenvalue weighted by Crippen LogP contribution is 2.40. The molecule has 0 unspecified atom stereocenters. The van der Waals surface area contributed by atoms with E-state index in [0.717, 1.165) is 49.9 Å². The molecule has 8 nitrogen and oxygen atoms in total. The summed E-state index contributed by atoms with van der Waals surface area (Å²) in [4.78, 5) is 18.2. The van der Waals surface area contributed by atoms with Gasteiger partial charge in [-0.15, -0.1) is 0 Å². The third kappa shape index (κ3) is 3.15. The molecule has 4 heterocycles. The molecule has 0 bridgehead atoms. The molecule has 1 saturated heterocycles. The summed E-state index contributed by atoms with van der Waals surface area (Å²) in [6.07, 6.45) is 8.15. The highest BCUT2D eigenvalue weighted by Gasteiger charge is 2.28. The van der Waals surface area contributed by atoms with Gasteiger partial charge in [0.15, 0.2) is 5.82 Å². The molecule has 0 aromatic carbocycles. The van der Waals surface area contributed by atoms with Crippen LogP contribution < -0.4 is 15.1 Å². The van der Waals surface area contributed by atoms with Gasteiger partial charge in [0.05, 0.1) is 5.69 Å². The number of anilines is 3. The van der Waals surface area contributed by atoms with Crippen LogP contribution in [0.3, 0.4) is 0 Å². The average molecular weight is 364 g/mol. The SMILES string of the molecule is CCNc1nccc(N2CCN(c3nccn4nc(C5CC5)cc34)CC2)n1. The van der Waals surface area contributed by atoms with Crippen molar-refractivity contribution >= 4 is 23.1 Å². The molecular formula is C19H24N8. The van der Waals surface area contributed by atoms with Crippen LogP contribution in [0.5, 0.6) is 0 Å². The Morgan fingerprint density at radius 2 is 1.89 bits per heavy atom. The van der Waals surface area contributed by atoms with Gasteiger partial charge in [-0.2, -0.15) is 10.1 Å². The molecule has 5 rings (SSSR count).